The smallest absolute Gasteiger partial charge is 0.476 e. The molecule has 0 spiro atoms. The Hall–Kier alpha value is -1.92. The molecular formula is C9H13NO6. The van der Waals surface area contributed by atoms with Crippen LogP contribution < -0.4 is 0 Å². The number of nitrogens with zero attached hydrogens (tertiary/aromatic N) is 1. The first-order valence-electron chi connectivity index (χ1n) is 4.65. The number of ether oxygens (including phenoxy) is 1. The molecule has 1 N–H and O–H groups in total. The normalized spacial score (nSPS) is 10.8. The van der Waals surface area contributed by atoms with Gasteiger partial charge in [-0.1, -0.05) is 18.5 Å². The van der Waals surface area contributed by atoms with Crippen LogP contribution in [0.5, 0.6) is 0 Å². The lowest BCUT2D eigenvalue weighted by Gasteiger charge is -2.00. The lowest BCUT2D eigenvalue weighted by Crippen LogP contribution is -2.22. The standard InChI is InChI=1S/C9H13NO6/c1-3-4-5-15-9(14)16-10-7(6(2)11)8(12)13/h3-5H2,1-2H3,(H,12,13)/b10-7-. The highest BCUT2D eigenvalue weighted by Crippen LogP contribution is 1.93. The average molecular weight is 231 g/mol. The van der Waals surface area contributed by atoms with Gasteiger partial charge >= 0.3 is 12.1 Å². The highest BCUT2D eigenvalue weighted by atomic mass is 16.8. The van der Waals surface area contributed by atoms with Crippen molar-refractivity contribution in [2.45, 2.75) is 26.7 Å². The molecule has 0 radical (unpaired) electrons. The maximum absolute atomic E-state index is 10.8. The number of Topliss-reactive ketones (excluding diaryl/α,β-unsaturated/α-hetero) is 1. The first-order valence-corrected chi connectivity index (χ1v) is 4.65. The molecule has 0 saturated heterocycles. The molecule has 0 amide bonds. The van der Waals surface area contributed by atoms with Crippen molar-refractivity contribution in [1.82, 2.24) is 0 Å². The van der Waals surface area contributed by atoms with Crippen LogP contribution in [0.3, 0.4) is 0 Å². The van der Waals surface area contributed by atoms with Crippen molar-refractivity contribution in [3.05, 3.63) is 0 Å². The van der Waals surface area contributed by atoms with Gasteiger partial charge in [0.25, 0.3) is 0 Å². The minimum atomic E-state index is -1.56. The number of hydrogen-bond acceptors (Lipinski definition) is 6. The van der Waals surface area contributed by atoms with Crippen LogP contribution in [0.1, 0.15) is 26.7 Å². The Labute approximate surface area is 92.0 Å². The van der Waals surface area contributed by atoms with Gasteiger partial charge in [-0.3, -0.25) is 9.63 Å². The molecule has 7 nitrogen and oxygen atoms in total. The predicted octanol–water partition coefficient (Wildman–Crippen LogP) is 0.969. The molecule has 0 aromatic rings. The van der Waals surface area contributed by atoms with Gasteiger partial charge in [0.2, 0.25) is 5.71 Å². The molecule has 0 atom stereocenters. The molecule has 0 aliphatic heterocycles. The minimum Gasteiger partial charge on any atom is -0.476 e. The SMILES string of the molecule is CCCCOC(=O)O/N=C(/C(C)=O)C(=O)O. The zero-order valence-electron chi connectivity index (χ0n) is 9.06. The number of oxime groups is 1. The summed E-state index contributed by atoms with van der Waals surface area (Å²) in [5, 5.41) is 11.4. The molecule has 0 unspecified atom stereocenters. The summed E-state index contributed by atoms with van der Waals surface area (Å²) in [5.41, 5.74) is -0.854. The monoisotopic (exact) mass is 231 g/mol. The molecule has 0 aliphatic carbocycles. The van der Waals surface area contributed by atoms with Gasteiger partial charge in [0.05, 0.1) is 6.61 Å². The first kappa shape index (κ1) is 14.1. The van der Waals surface area contributed by atoms with Crippen LogP contribution in [0.4, 0.5) is 4.79 Å². The third-order valence-corrected chi connectivity index (χ3v) is 1.47. The van der Waals surface area contributed by atoms with E-state index in [-0.39, 0.29) is 6.61 Å². The van der Waals surface area contributed by atoms with E-state index in [2.05, 4.69) is 14.7 Å². The summed E-state index contributed by atoms with van der Waals surface area (Å²) in [6, 6.07) is 0. The molecule has 0 rings (SSSR count). The van der Waals surface area contributed by atoms with Gasteiger partial charge in [-0.2, -0.15) is 0 Å². The number of hydrogen-bond donors (Lipinski definition) is 1. The lowest BCUT2D eigenvalue weighted by molar-refractivity contribution is -0.130. The lowest BCUT2D eigenvalue weighted by atomic mass is 10.3. The topological polar surface area (TPSA) is 102 Å². The largest absolute Gasteiger partial charge is 0.535 e. The van der Waals surface area contributed by atoms with Crippen LogP contribution in [0.15, 0.2) is 5.16 Å². The van der Waals surface area contributed by atoms with E-state index in [1.54, 1.807) is 0 Å². The Balaban J connectivity index is 4.17. The van der Waals surface area contributed by atoms with Crippen LogP contribution >= 0.6 is 0 Å². The van der Waals surface area contributed by atoms with Crippen LogP contribution in [0.25, 0.3) is 0 Å². The highest BCUT2D eigenvalue weighted by Gasteiger charge is 2.17. The summed E-state index contributed by atoms with van der Waals surface area (Å²) in [6.07, 6.45) is 0.371. The van der Waals surface area contributed by atoms with Crippen molar-refractivity contribution in [3.63, 3.8) is 0 Å². The second-order valence-electron chi connectivity index (χ2n) is 2.84. The Bertz CT molecular complexity index is 293. The van der Waals surface area contributed by atoms with E-state index in [0.717, 1.165) is 13.3 Å². The summed E-state index contributed by atoms with van der Waals surface area (Å²) in [6.45, 7) is 3.07. The number of ketones is 1. The van der Waals surface area contributed by atoms with Crippen LogP contribution in [0.2, 0.25) is 0 Å². The maximum atomic E-state index is 10.8. The fraction of sp³-hybridized carbons (Fsp3) is 0.556. The van der Waals surface area contributed by atoms with E-state index in [1.807, 2.05) is 6.92 Å². The van der Waals surface area contributed by atoms with Gasteiger partial charge in [-0.25, -0.2) is 9.59 Å². The molecule has 16 heavy (non-hydrogen) atoms. The van der Waals surface area contributed by atoms with Crippen LogP contribution in [0, 0.1) is 0 Å². The van der Waals surface area contributed by atoms with Gasteiger partial charge in [-0.05, 0) is 6.42 Å². The molecule has 0 saturated carbocycles. The van der Waals surface area contributed by atoms with Gasteiger partial charge in [0, 0.05) is 6.92 Å². The summed E-state index contributed by atoms with van der Waals surface area (Å²) in [4.78, 5) is 36.1. The van der Waals surface area contributed by atoms with Crippen molar-refractivity contribution in [2.75, 3.05) is 6.61 Å². The minimum absolute atomic E-state index is 0.160. The number of unbranched alkanes of at least 4 members (excludes halogenated alkanes) is 1. The predicted molar refractivity (Wildman–Crippen MR) is 53.1 cm³/mol. The second-order valence-corrected chi connectivity index (χ2v) is 2.84. The number of carbonyl (C=O) groups is 3. The Morgan fingerprint density at radius 2 is 1.94 bits per heavy atom. The number of carboxylic acid groups (broad SMARTS) is 1. The average Bonchev–Trinajstić information content (AvgIpc) is 2.17. The molecule has 0 aromatic heterocycles. The van der Waals surface area contributed by atoms with Crippen molar-refractivity contribution < 1.29 is 29.1 Å². The first-order chi connectivity index (χ1) is 7.49. The maximum Gasteiger partial charge on any atom is 0.535 e. The Morgan fingerprint density at radius 3 is 2.38 bits per heavy atom. The second kappa shape index (κ2) is 7.38. The Kier molecular flexibility index (Phi) is 6.50. The zero-order valence-corrected chi connectivity index (χ0v) is 9.06. The molecular weight excluding hydrogens is 218 g/mol. The van der Waals surface area contributed by atoms with E-state index in [0.29, 0.717) is 6.42 Å². The van der Waals surface area contributed by atoms with E-state index < -0.39 is 23.6 Å². The van der Waals surface area contributed by atoms with Gasteiger partial charge in [0.1, 0.15) is 0 Å². The molecule has 7 heteroatoms. The Morgan fingerprint density at radius 1 is 1.31 bits per heavy atom. The van der Waals surface area contributed by atoms with Crippen molar-refractivity contribution in [1.29, 1.82) is 0 Å². The number of carbonyl (C=O) groups excluding carboxylic acids is 2. The number of rotatable bonds is 6. The number of carboxylic acids is 1. The summed E-state index contributed by atoms with van der Waals surface area (Å²) < 4.78 is 4.52. The summed E-state index contributed by atoms with van der Waals surface area (Å²) >= 11 is 0. The quantitative estimate of drug-likeness (QED) is 0.182. The van der Waals surface area contributed by atoms with Gasteiger partial charge < -0.3 is 9.84 Å². The summed E-state index contributed by atoms with van der Waals surface area (Å²) in [7, 11) is 0. The van der Waals surface area contributed by atoms with E-state index in [9.17, 15) is 14.4 Å². The van der Waals surface area contributed by atoms with E-state index in [4.69, 9.17) is 5.11 Å². The molecule has 0 fully saturated rings. The van der Waals surface area contributed by atoms with E-state index >= 15 is 0 Å². The number of aliphatic carboxylic acids is 1. The molecule has 0 aromatic carbocycles. The van der Waals surface area contributed by atoms with Crippen molar-refractivity contribution >= 4 is 23.6 Å². The molecule has 90 valence electrons. The third kappa shape index (κ3) is 5.74. The summed E-state index contributed by atoms with van der Waals surface area (Å²) in [5.74, 6) is -2.37. The van der Waals surface area contributed by atoms with Crippen molar-refractivity contribution in [2.24, 2.45) is 5.16 Å². The van der Waals surface area contributed by atoms with Crippen LogP contribution in [-0.4, -0.2) is 35.3 Å². The van der Waals surface area contributed by atoms with Crippen molar-refractivity contribution in [3.8, 4) is 0 Å². The van der Waals surface area contributed by atoms with Crippen LogP contribution in [-0.2, 0) is 19.2 Å². The van der Waals surface area contributed by atoms with E-state index in [1.165, 1.54) is 0 Å². The molecule has 0 bridgehead atoms. The molecule has 0 heterocycles. The van der Waals surface area contributed by atoms with Gasteiger partial charge in [-0.15, -0.1) is 0 Å². The van der Waals surface area contributed by atoms with Gasteiger partial charge in [0.15, 0.2) is 5.78 Å². The zero-order chi connectivity index (χ0) is 12.6. The fourth-order valence-corrected chi connectivity index (χ4v) is 0.663. The molecule has 0 aliphatic rings. The fourth-order valence-electron chi connectivity index (χ4n) is 0.663. The highest BCUT2D eigenvalue weighted by molar-refractivity contribution is 6.63. The third-order valence-electron chi connectivity index (χ3n) is 1.47.